The van der Waals surface area contributed by atoms with Crippen molar-refractivity contribution in [1.82, 2.24) is 5.32 Å². The van der Waals surface area contributed by atoms with Gasteiger partial charge in [0.15, 0.2) is 0 Å². The van der Waals surface area contributed by atoms with E-state index in [1.807, 2.05) is 6.92 Å². The highest BCUT2D eigenvalue weighted by Gasteiger charge is 2.29. The molecule has 0 radical (unpaired) electrons. The summed E-state index contributed by atoms with van der Waals surface area (Å²) in [6, 6.07) is 4.10. The van der Waals surface area contributed by atoms with Crippen molar-refractivity contribution in [3.8, 4) is 0 Å². The predicted molar refractivity (Wildman–Crippen MR) is 66.2 cm³/mol. The summed E-state index contributed by atoms with van der Waals surface area (Å²) in [6.07, 6.45) is -2.96. The van der Waals surface area contributed by atoms with Gasteiger partial charge in [-0.05, 0) is 24.1 Å². The number of alkyl halides is 3. The first kappa shape index (κ1) is 15.5. The second kappa shape index (κ2) is 6.56. The van der Waals surface area contributed by atoms with Gasteiger partial charge in [-0.1, -0.05) is 25.5 Å². The third kappa shape index (κ3) is 4.90. The summed E-state index contributed by atoms with van der Waals surface area (Å²) in [5.74, 6) is -0.290. The van der Waals surface area contributed by atoms with E-state index < -0.39 is 17.8 Å². The molecular weight excluding hydrogens is 257 g/mol. The summed E-state index contributed by atoms with van der Waals surface area (Å²) >= 11 is 0. The van der Waals surface area contributed by atoms with E-state index in [0.29, 0.717) is 12.0 Å². The van der Waals surface area contributed by atoms with Crippen LogP contribution in [0.3, 0.4) is 0 Å². The normalized spacial score (nSPS) is 13.1. The van der Waals surface area contributed by atoms with Crippen molar-refractivity contribution in [2.45, 2.75) is 38.5 Å². The first-order valence-corrected chi connectivity index (χ1v) is 6.04. The van der Waals surface area contributed by atoms with Crippen LogP contribution >= 0.6 is 0 Å². The predicted octanol–water partition coefficient (Wildman–Crippen LogP) is 2.45. The monoisotopic (exact) mass is 274 g/mol. The van der Waals surface area contributed by atoms with Crippen LogP contribution in [0.15, 0.2) is 24.3 Å². The molecule has 0 bridgehead atoms. The molecule has 1 amide bonds. The van der Waals surface area contributed by atoms with E-state index in [1.54, 1.807) is 0 Å². The molecule has 3 nitrogen and oxygen atoms in total. The number of carbonyl (C=O) groups excluding carboxylic acids is 1. The summed E-state index contributed by atoms with van der Waals surface area (Å²) in [6.45, 7) is 2.09. The Morgan fingerprint density at radius 2 is 1.89 bits per heavy atom. The Bertz CT molecular complexity index is 415. The maximum Gasteiger partial charge on any atom is 0.416 e. The number of amides is 1. The maximum atomic E-state index is 12.3. The van der Waals surface area contributed by atoms with Crippen LogP contribution in [-0.4, -0.2) is 11.9 Å². The first-order valence-electron chi connectivity index (χ1n) is 6.04. The van der Waals surface area contributed by atoms with E-state index in [0.717, 1.165) is 18.6 Å². The van der Waals surface area contributed by atoms with Gasteiger partial charge in [-0.15, -0.1) is 0 Å². The lowest BCUT2D eigenvalue weighted by molar-refractivity contribution is -0.137. The van der Waals surface area contributed by atoms with Crippen LogP contribution < -0.4 is 11.1 Å². The fourth-order valence-corrected chi connectivity index (χ4v) is 1.57. The van der Waals surface area contributed by atoms with Crippen LogP contribution in [0.2, 0.25) is 0 Å². The molecule has 0 aliphatic rings. The van der Waals surface area contributed by atoms with E-state index in [4.69, 9.17) is 5.73 Å². The van der Waals surface area contributed by atoms with E-state index in [9.17, 15) is 18.0 Å². The Morgan fingerprint density at radius 3 is 2.37 bits per heavy atom. The summed E-state index contributed by atoms with van der Waals surface area (Å²) in [7, 11) is 0. The van der Waals surface area contributed by atoms with Gasteiger partial charge in [-0.3, -0.25) is 4.79 Å². The van der Waals surface area contributed by atoms with Crippen molar-refractivity contribution in [3.63, 3.8) is 0 Å². The number of benzene rings is 1. The quantitative estimate of drug-likeness (QED) is 0.866. The lowest BCUT2D eigenvalue weighted by Crippen LogP contribution is -2.40. The summed E-state index contributed by atoms with van der Waals surface area (Å²) in [5, 5.41) is 2.60. The van der Waals surface area contributed by atoms with Gasteiger partial charge >= 0.3 is 6.18 Å². The molecule has 1 aromatic carbocycles. The van der Waals surface area contributed by atoms with Crippen molar-refractivity contribution in [3.05, 3.63) is 35.4 Å². The van der Waals surface area contributed by atoms with Crippen molar-refractivity contribution in [2.24, 2.45) is 5.73 Å². The number of hydrogen-bond acceptors (Lipinski definition) is 2. The minimum Gasteiger partial charge on any atom is -0.351 e. The Hall–Kier alpha value is -1.56. The van der Waals surface area contributed by atoms with E-state index in [2.05, 4.69) is 5.32 Å². The zero-order valence-corrected chi connectivity index (χ0v) is 10.6. The second-order valence-electron chi connectivity index (χ2n) is 4.31. The Labute approximate surface area is 110 Å². The summed E-state index contributed by atoms with van der Waals surface area (Å²) < 4.78 is 37.0. The molecule has 0 heterocycles. The summed E-state index contributed by atoms with van der Waals surface area (Å²) in [5.41, 5.74) is 5.51. The van der Waals surface area contributed by atoms with Crippen LogP contribution in [0.5, 0.6) is 0 Å². The van der Waals surface area contributed by atoms with Crippen LogP contribution in [-0.2, 0) is 17.5 Å². The fraction of sp³-hybridized carbons (Fsp3) is 0.462. The minimum atomic E-state index is -4.34. The Balaban J connectivity index is 2.53. The highest BCUT2D eigenvalue weighted by Crippen LogP contribution is 2.28. The van der Waals surface area contributed by atoms with Gasteiger partial charge in [0, 0.05) is 6.54 Å². The van der Waals surface area contributed by atoms with Crippen LogP contribution in [0.4, 0.5) is 13.2 Å². The van der Waals surface area contributed by atoms with Crippen molar-refractivity contribution in [2.75, 3.05) is 0 Å². The molecule has 3 N–H and O–H groups in total. The van der Waals surface area contributed by atoms with Gasteiger partial charge < -0.3 is 11.1 Å². The molecule has 0 aliphatic heterocycles. The van der Waals surface area contributed by atoms with Gasteiger partial charge in [-0.2, -0.15) is 13.2 Å². The first-order chi connectivity index (χ1) is 8.84. The lowest BCUT2D eigenvalue weighted by atomic mass is 10.1. The molecule has 0 saturated heterocycles. The second-order valence-corrected chi connectivity index (χ2v) is 4.31. The molecular formula is C13H17F3N2O. The van der Waals surface area contributed by atoms with E-state index >= 15 is 0 Å². The highest BCUT2D eigenvalue weighted by atomic mass is 19.4. The Morgan fingerprint density at radius 1 is 1.32 bits per heavy atom. The molecule has 19 heavy (non-hydrogen) atoms. The molecule has 1 rings (SSSR count). The van der Waals surface area contributed by atoms with Gasteiger partial charge in [-0.25, -0.2) is 0 Å². The maximum absolute atomic E-state index is 12.3. The summed E-state index contributed by atoms with van der Waals surface area (Å²) in [4.78, 5) is 11.5. The average molecular weight is 274 g/mol. The van der Waals surface area contributed by atoms with Crippen molar-refractivity contribution >= 4 is 5.91 Å². The van der Waals surface area contributed by atoms with Crippen LogP contribution in [0, 0.1) is 0 Å². The van der Waals surface area contributed by atoms with E-state index in [1.165, 1.54) is 12.1 Å². The van der Waals surface area contributed by atoms with Gasteiger partial charge in [0.25, 0.3) is 0 Å². The zero-order valence-electron chi connectivity index (χ0n) is 10.6. The number of nitrogens with one attached hydrogen (secondary N) is 1. The molecule has 6 heteroatoms. The number of rotatable bonds is 5. The van der Waals surface area contributed by atoms with Gasteiger partial charge in [0.1, 0.15) is 0 Å². The topological polar surface area (TPSA) is 55.1 Å². The average Bonchev–Trinajstić information content (AvgIpc) is 2.35. The van der Waals surface area contributed by atoms with Crippen molar-refractivity contribution in [1.29, 1.82) is 0 Å². The fourth-order valence-electron chi connectivity index (χ4n) is 1.57. The molecule has 106 valence electrons. The number of halogens is 3. The van der Waals surface area contributed by atoms with Gasteiger partial charge in [0.05, 0.1) is 11.6 Å². The molecule has 1 aromatic rings. The van der Waals surface area contributed by atoms with Gasteiger partial charge in [0.2, 0.25) is 5.91 Å². The van der Waals surface area contributed by atoms with Crippen LogP contribution in [0.25, 0.3) is 0 Å². The molecule has 0 unspecified atom stereocenters. The number of nitrogens with two attached hydrogens (primary N) is 1. The van der Waals surface area contributed by atoms with Crippen LogP contribution in [0.1, 0.15) is 30.9 Å². The smallest absolute Gasteiger partial charge is 0.351 e. The Kier molecular flexibility index (Phi) is 5.35. The molecule has 0 aromatic heterocycles. The SMILES string of the molecule is CCC[C@@H](N)C(=O)NCc1ccc(C(F)(F)F)cc1. The number of hydrogen-bond donors (Lipinski definition) is 2. The zero-order chi connectivity index (χ0) is 14.5. The third-order valence-corrected chi connectivity index (χ3v) is 2.68. The van der Waals surface area contributed by atoms with E-state index in [-0.39, 0.29) is 12.5 Å². The lowest BCUT2D eigenvalue weighted by Gasteiger charge is -2.12. The number of carbonyl (C=O) groups is 1. The molecule has 0 saturated carbocycles. The third-order valence-electron chi connectivity index (χ3n) is 2.68. The molecule has 0 fully saturated rings. The molecule has 1 atom stereocenters. The highest BCUT2D eigenvalue weighted by molar-refractivity contribution is 5.81. The largest absolute Gasteiger partial charge is 0.416 e. The minimum absolute atomic E-state index is 0.175. The van der Waals surface area contributed by atoms with Crippen molar-refractivity contribution < 1.29 is 18.0 Å². The molecule has 0 spiro atoms. The standard InChI is InChI=1S/C13H17F3N2O/c1-2-3-11(17)12(19)18-8-9-4-6-10(7-5-9)13(14,15)16/h4-7,11H,2-3,8,17H2,1H3,(H,18,19)/t11-/m1/s1. The molecule has 0 aliphatic carbocycles.